The van der Waals surface area contributed by atoms with Crippen LogP contribution in [-0.2, 0) is 0 Å². The van der Waals surface area contributed by atoms with E-state index in [0.29, 0.717) is 27.8 Å². The number of nitrogens with zero attached hydrogens (tertiary/aromatic N) is 6. The quantitative estimate of drug-likeness (QED) is 0.0235. The number of carbonyl (C=O) groups excluding carboxylic acids is 5. The van der Waals surface area contributed by atoms with Crippen molar-refractivity contribution in [3.05, 3.63) is 359 Å². The van der Waals surface area contributed by atoms with Crippen LogP contribution in [0, 0.1) is 0 Å². The van der Waals surface area contributed by atoms with E-state index in [-0.39, 0.29) is 69.6 Å². The number of fused-ring (bicyclic) bond motifs is 4. The molecule has 0 radical (unpaired) electrons. The van der Waals surface area contributed by atoms with Gasteiger partial charge >= 0.3 is 0 Å². The number of phenolic OH excluding ortho intramolecular Hbond substituents is 5. The van der Waals surface area contributed by atoms with E-state index in [4.69, 9.17) is 18.9 Å². The number of nitrogens with one attached hydrogen (secondary N) is 6. The van der Waals surface area contributed by atoms with Gasteiger partial charge in [-0.2, -0.15) is 25.5 Å². The van der Waals surface area contributed by atoms with Crippen molar-refractivity contribution in [2.24, 2.45) is 25.5 Å². The Labute approximate surface area is 701 Å². The average molecular weight is 1630 g/mol. The van der Waals surface area contributed by atoms with Crippen LogP contribution >= 0.6 is 0 Å². The summed E-state index contributed by atoms with van der Waals surface area (Å²) in [5.41, 5.74) is 23.1. The van der Waals surface area contributed by atoms with E-state index in [2.05, 4.69) is 80.7 Å². The highest BCUT2D eigenvalue weighted by atomic mass is 16.5. The molecule has 0 spiro atoms. The average Bonchev–Trinajstić information content (AvgIpc) is 1.07. The molecule has 0 atom stereocenters. The standard InChI is InChI=1S/C21H21N3O3.C21H18N2O3.C19H16N2O3.C18H14N2O2.C17H15N3O3/c1-24(2)18-10-8-15(16-6-4-5-7-17(16)18)13-22-23-21(26)14-9-11-19(25)20(12-14)27-3;1-26-20-13-18(11-12-19(20)24)21(25)23-22-14-15-7-9-17(10-8-15)16-5-3-2-4-6-16;1-24-18-11-8-14(16-4-2-3-5-17(16)18)12-20-21-19(23)13-6-9-15(22)10-7-13;21-16-10-8-14(9-11-16)18(22)20-19-12-15-6-3-5-13-4-1-2-7-17(13)15;1-23-16-8-11(6-7-15(16)21)17(22)20-19-10-12-9-18-14-5-3-2-4-13(12)14/h4-13,25H,1-3H3,(H,23,26);2-14,24H,1H3,(H,23,25);2-12,22H,1H3,(H,21,23);1-12,21H,(H,20,22);2-10,18,21H,1H3,(H,20,22)/b22-13+;22-14+;20-12+;19-12+;19-10+. The summed E-state index contributed by atoms with van der Waals surface area (Å²) < 4.78 is 20.3. The first kappa shape index (κ1) is 86.0. The summed E-state index contributed by atoms with van der Waals surface area (Å²) in [4.78, 5) is 65.5. The van der Waals surface area contributed by atoms with Crippen molar-refractivity contribution < 1.29 is 68.5 Å². The molecule has 15 aromatic rings. The molecular weight excluding hydrogens is 1550 g/mol. The van der Waals surface area contributed by atoms with E-state index in [1.807, 2.05) is 196 Å². The zero-order valence-electron chi connectivity index (χ0n) is 66.8. The first-order valence-corrected chi connectivity index (χ1v) is 37.6. The lowest BCUT2D eigenvalue weighted by molar-refractivity contribution is 0.0946. The number of rotatable bonds is 21. The van der Waals surface area contributed by atoms with Gasteiger partial charge in [0.15, 0.2) is 34.5 Å². The van der Waals surface area contributed by atoms with Gasteiger partial charge in [0.2, 0.25) is 0 Å². The maximum absolute atomic E-state index is 12.3. The van der Waals surface area contributed by atoms with Crippen LogP contribution in [0.1, 0.15) is 79.6 Å². The number of anilines is 1. The van der Waals surface area contributed by atoms with Gasteiger partial charge in [0.25, 0.3) is 29.5 Å². The minimum absolute atomic E-state index is 0.0219. The molecule has 14 aromatic carbocycles. The summed E-state index contributed by atoms with van der Waals surface area (Å²) >= 11 is 0. The Hall–Kier alpha value is -16.9. The van der Waals surface area contributed by atoms with E-state index in [1.165, 1.54) is 124 Å². The number of carbonyl (C=O) groups is 5. The maximum atomic E-state index is 12.3. The number of amides is 5. The first-order valence-electron chi connectivity index (χ1n) is 37.6. The molecule has 0 saturated heterocycles. The topological polar surface area (TPSA) is 364 Å². The van der Waals surface area contributed by atoms with E-state index >= 15 is 0 Å². The van der Waals surface area contributed by atoms with E-state index in [9.17, 15) is 49.5 Å². The fraction of sp³-hybridized carbons (Fsp3) is 0.0625. The van der Waals surface area contributed by atoms with Crippen LogP contribution in [0.2, 0.25) is 0 Å². The number of ether oxygens (including phenoxy) is 4. The number of para-hydroxylation sites is 1. The van der Waals surface area contributed by atoms with Crippen molar-refractivity contribution >= 4 is 110 Å². The zero-order chi connectivity index (χ0) is 86.3. The molecule has 0 bridgehead atoms. The van der Waals surface area contributed by atoms with E-state index < -0.39 is 5.91 Å². The minimum atomic E-state index is -0.390. The van der Waals surface area contributed by atoms with Crippen LogP contribution in [0.15, 0.2) is 329 Å². The molecule has 1 heterocycles. The zero-order valence-corrected chi connectivity index (χ0v) is 66.8. The number of benzene rings is 14. The largest absolute Gasteiger partial charge is 0.508 e. The number of methoxy groups -OCH3 is 4. The molecule has 0 aliphatic rings. The number of phenols is 5. The molecule has 5 amide bonds. The molecule has 26 nitrogen and oxygen atoms in total. The molecule has 26 heteroatoms. The summed E-state index contributed by atoms with van der Waals surface area (Å²) in [6, 6.07) is 88.4. The van der Waals surface area contributed by atoms with Gasteiger partial charge in [-0.15, -0.1) is 0 Å². The van der Waals surface area contributed by atoms with Gasteiger partial charge in [-0.05, 0) is 166 Å². The third-order valence-corrected chi connectivity index (χ3v) is 18.5. The highest BCUT2D eigenvalue weighted by Crippen LogP contribution is 2.32. The molecule has 612 valence electrons. The van der Waals surface area contributed by atoms with Crippen molar-refractivity contribution in [3.63, 3.8) is 0 Å². The number of aromatic amines is 1. The van der Waals surface area contributed by atoms with Gasteiger partial charge in [0.05, 0.1) is 59.5 Å². The Kier molecular flexibility index (Phi) is 30.0. The Balaban J connectivity index is 0.000000149. The van der Waals surface area contributed by atoms with Crippen molar-refractivity contribution in [3.8, 4) is 62.9 Å². The Morgan fingerprint density at radius 2 is 0.672 bits per heavy atom. The smallest absolute Gasteiger partial charge is 0.271 e. The van der Waals surface area contributed by atoms with Crippen LogP contribution in [0.3, 0.4) is 0 Å². The molecular formula is C96H84N12O14. The highest BCUT2D eigenvalue weighted by molar-refractivity contribution is 6.07. The number of aromatic hydroxyl groups is 5. The SMILES string of the molecule is COc1cc(C(=O)N/N=C/c2c[nH]c3ccccc23)ccc1O.COc1cc(C(=O)N/N=C/c2ccc(-c3ccccc3)cc2)ccc1O.COc1cc(C(=O)N/N=C/c2ccc(N(C)C)c3ccccc23)ccc1O.COc1ccc(/C=N/NC(=O)c2ccc(O)cc2)c2ccccc12.O=C(N/N=C/c1cccc2ccccc12)c1ccc(O)cc1. The second kappa shape index (κ2) is 42.6. The van der Waals surface area contributed by atoms with Crippen LogP contribution in [0.4, 0.5) is 5.69 Å². The molecule has 0 saturated carbocycles. The van der Waals surface area contributed by atoms with Gasteiger partial charge in [-0.1, -0.05) is 170 Å². The summed E-state index contributed by atoms with van der Waals surface area (Å²) in [5, 5.41) is 74.5. The Morgan fingerprint density at radius 1 is 0.311 bits per heavy atom. The molecule has 122 heavy (non-hydrogen) atoms. The molecule has 0 aliphatic heterocycles. The third-order valence-electron chi connectivity index (χ3n) is 18.5. The van der Waals surface area contributed by atoms with Crippen LogP contribution < -0.4 is 51.0 Å². The fourth-order valence-electron chi connectivity index (χ4n) is 12.2. The first-order chi connectivity index (χ1) is 59.3. The Morgan fingerprint density at radius 3 is 1.15 bits per heavy atom. The summed E-state index contributed by atoms with van der Waals surface area (Å²) in [7, 11) is 9.91. The predicted octanol–water partition coefficient (Wildman–Crippen LogP) is 16.5. The van der Waals surface area contributed by atoms with Gasteiger partial charge in [-0.3, -0.25) is 24.0 Å². The number of aromatic nitrogens is 1. The second-order valence-corrected chi connectivity index (χ2v) is 26.6. The van der Waals surface area contributed by atoms with Gasteiger partial charge in [0, 0.05) is 97.7 Å². The summed E-state index contributed by atoms with van der Waals surface area (Å²) in [6.07, 6.45) is 9.82. The highest BCUT2D eigenvalue weighted by Gasteiger charge is 2.15. The molecule has 11 N–H and O–H groups in total. The lowest BCUT2D eigenvalue weighted by Crippen LogP contribution is -2.17. The lowest BCUT2D eigenvalue weighted by Gasteiger charge is -2.16. The minimum Gasteiger partial charge on any atom is -0.508 e. The third kappa shape index (κ3) is 23.2. The number of hydrogen-bond donors (Lipinski definition) is 11. The Bertz CT molecular complexity index is 6330. The molecule has 0 unspecified atom stereocenters. The number of hydrazone groups is 5. The monoisotopic (exact) mass is 1630 g/mol. The van der Waals surface area contributed by atoms with Gasteiger partial charge < -0.3 is 54.4 Å². The molecule has 15 rings (SSSR count). The van der Waals surface area contributed by atoms with Crippen molar-refractivity contribution in [1.82, 2.24) is 32.1 Å². The summed E-state index contributed by atoms with van der Waals surface area (Å²) in [5.74, 6) is -0.179. The van der Waals surface area contributed by atoms with Gasteiger partial charge in [0.1, 0.15) is 17.2 Å². The predicted molar refractivity (Wildman–Crippen MR) is 478 cm³/mol. The van der Waals surface area contributed by atoms with Crippen LogP contribution in [0.25, 0.3) is 54.3 Å². The normalized spacial score (nSPS) is 10.9. The van der Waals surface area contributed by atoms with Crippen molar-refractivity contribution in [1.29, 1.82) is 0 Å². The fourth-order valence-corrected chi connectivity index (χ4v) is 12.2. The number of H-pyrrole nitrogens is 1. The van der Waals surface area contributed by atoms with E-state index in [1.54, 1.807) is 38.2 Å². The van der Waals surface area contributed by atoms with E-state index in [0.717, 1.165) is 93.6 Å². The van der Waals surface area contributed by atoms with Crippen molar-refractivity contribution in [2.75, 3.05) is 47.4 Å². The number of hydrogen-bond acceptors (Lipinski definition) is 20. The second-order valence-electron chi connectivity index (χ2n) is 26.6. The molecule has 0 aliphatic carbocycles. The molecule has 1 aromatic heterocycles. The maximum Gasteiger partial charge on any atom is 0.271 e. The summed E-state index contributed by atoms with van der Waals surface area (Å²) in [6.45, 7) is 0. The molecule has 0 fully saturated rings. The van der Waals surface area contributed by atoms with Crippen LogP contribution in [0.5, 0.6) is 51.7 Å². The van der Waals surface area contributed by atoms with Gasteiger partial charge in [-0.25, -0.2) is 27.1 Å². The van der Waals surface area contributed by atoms with Crippen molar-refractivity contribution in [2.45, 2.75) is 0 Å². The van der Waals surface area contributed by atoms with Crippen LogP contribution in [-0.4, -0.2) is 134 Å². The lowest BCUT2D eigenvalue weighted by atomic mass is 10.0.